The van der Waals surface area contributed by atoms with Gasteiger partial charge in [-0.25, -0.2) is 0 Å². The second-order valence-corrected chi connectivity index (χ2v) is 3.10. The molecule has 0 spiro atoms. The standard InChI is InChI=1S/C7H14N2O4/c1-4(8)3-12-6-2-5(7(10)11)9-13-6/h4-6,9H,2-3,8H2,1H3,(H,10,11). The van der Waals surface area contributed by atoms with Crippen LogP contribution in [0.25, 0.3) is 0 Å². The van der Waals surface area contributed by atoms with E-state index in [-0.39, 0.29) is 6.04 Å². The summed E-state index contributed by atoms with van der Waals surface area (Å²) in [5, 5.41) is 8.59. The fourth-order valence-corrected chi connectivity index (χ4v) is 0.959. The lowest BCUT2D eigenvalue weighted by molar-refractivity contribution is -0.148. The molecule has 0 saturated carbocycles. The smallest absolute Gasteiger partial charge is 0.323 e. The molecule has 3 atom stereocenters. The van der Waals surface area contributed by atoms with Crippen molar-refractivity contribution in [2.24, 2.45) is 5.73 Å². The average Bonchev–Trinajstić information content (AvgIpc) is 2.48. The number of ether oxygens (including phenoxy) is 1. The maximum Gasteiger partial charge on any atom is 0.323 e. The van der Waals surface area contributed by atoms with Gasteiger partial charge in [0.2, 0.25) is 0 Å². The number of hydrogen-bond acceptors (Lipinski definition) is 5. The largest absolute Gasteiger partial charge is 0.480 e. The Hall–Kier alpha value is -0.690. The van der Waals surface area contributed by atoms with Gasteiger partial charge in [0, 0.05) is 12.5 Å². The van der Waals surface area contributed by atoms with Crippen molar-refractivity contribution in [3.63, 3.8) is 0 Å². The van der Waals surface area contributed by atoms with Crippen molar-refractivity contribution in [3.05, 3.63) is 0 Å². The predicted molar refractivity (Wildman–Crippen MR) is 43.7 cm³/mol. The lowest BCUT2D eigenvalue weighted by atomic mass is 10.2. The number of aliphatic carboxylic acids is 1. The molecule has 3 unspecified atom stereocenters. The van der Waals surface area contributed by atoms with Gasteiger partial charge in [-0.3, -0.25) is 9.63 Å². The number of carbonyl (C=O) groups is 1. The van der Waals surface area contributed by atoms with Gasteiger partial charge in [-0.1, -0.05) is 0 Å². The van der Waals surface area contributed by atoms with E-state index in [1.54, 1.807) is 6.92 Å². The van der Waals surface area contributed by atoms with Gasteiger partial charge in [-0.2, -0.15) is 5.48 Å². The number of rotatable bonds is 4. The molecular formula is C7H14N2O4. The lowest BCUT2D eigenvalue weighted by Crippen LogP contribution is -2.29. The van der Waals surface area contributed by atoms with E-state index in [0.29, 0.717) is 13.0 Å². The summed E-state index contributed by atoms with van der Waals surface area (Å²) < 4.78 is 5.17. The Bertz CT molecular complexity index is 185. The number of hydroxylamine groups is 1. The highest BCUT2D eigenvalue weighted by Gasteiger charge is 2.31. The van der Waals surface area contributed by atoms with E-state index in [1.807, 2.05) is 0 Å². The Balaban J connectivity index is 2.21. The van der Waals surface area contributed by atoms with Crippen LogP contribution in [-0.2, 0) is 14.4 Å². The van der Waals surface area contributed by atoms with Crippen molar-refractivity contribution < 1.29 is 19.5 Å². The Morgan fingerprint density at radius 1 is 1.92 bits per heavy atom. The molecule has 1 saturated heterocycles. The molecule has 0 aromatic carbocycles. The minimum absolute atomic E-state index is 0.0764. The number of nitrogens with one attached hydrogen (secondary N) is 1. The minimum atomic E-state index is -0.938. The molecule has 4 N–H and O–H groups in total. The quantitative estimate of drug-likeness (QED) is 0.529. The number of carboxylic acid groups (broad SMARTS) is 1. The van der Waals surface area contributed by atoms with Gasteiger partial charge in [0.05, 0.1) is 6.61 Å². The van der Waals surface area contributed by atoms with E-state index >= 15 is 0 Å². The molecule has 0 aromatic rings. The molecule has 0 aromatic heterocycles. The van der Waals surface area contributed by atoms with E-state index < -0.39 is 18.3 Å². The first-order valence-corrected chi connectivity index (χ1v) is 4.10. The summed E-state index contributed by atoms with van der Waals surface area (Å²) in [6.07, 6.45) is -0.200. The first-order chi connectivity index (χ1) is 6.09. The van der Waals surface area contributed by atoms with E-state index in [2.05, 4.69) is 5.48 Å². The summed E-state index contributed by atoms with van der Waals surface area (Å²) in [7, 11) is 0. The Kier molecular flexibility index (Phi) is 3.61. The van der Waals surface area contributed by atoms with Crippen LogP contribution in [0.1, 0.15) is 13.3 Å². The zero-order valence-electron chi connectivity index (χ0n) is 7.40. The average molecular weight is 190 g/mol. The van der Waals surface area contributed by atoms with Crippen LogP contribution in [0, 0.1) is 0 Å². The number of carboxylic acids is 1. The third kappa shape index (κ3) is 3.27. The molecule has 76 valence electrons. The fraction of sp³-hybridized carbons (Fsp3) is 0.857. The molecule has 1 rings (SSSR count). The second kappa shape index (κ2) is 4.52. The number of hydrogen-bond donors (Lipinski definition) is 3. The van der Waals surface area contributed by atoms with Crippen molar-refractivity contribution in [2.75, 3.05) is 6.61 Å². The van der Waals surface area contributed by atoms with Gasteiger partial charge in [0.25, 0.3) is 0 Å². The van der Waals surface area contributed by atoms with Crippen LogP contribution in [-0.4, -0.2) is 36.1 Å². The van der Waals surface area contributed by atoms with Crippen LogP contribution in [0.4, 0.5) is 0 Å². The highest BCUT2D eigenvalue weighted by Crippen LogP contribution is 2.11. The third-order valence-electron chi connectivity index (χ3n) is 1.61. The Morgan fingerprint density at radius 3 is 3.08 bits per heavy atom. The molecule has 1 aliphatic rings. The van der Waals surface area contributed by atoms with Crippen molar-refractivity contribution in [2.45, 2.75) is 31.7 Å². The normalized spacial score (nSPS) is 30.3. The van der Waals surface area contributed by atoms with Gasteiger partial charge < -0.3 is 15.6 Å². The first kappa shape index (κ1) is 10.4. The van der Waals surface area contributed by atoms with Crippen LogP contribution < -0.4 is 11.2 Å². The van der Waals surface area contributed by atoms with Crippen molar-refractivity contribution in [1.29, 1.82) is 0 Å². The maximum absolute atomic E-state index is 10.5. The fourth-order valence-electron chi connectivity index (χ4n) is 0.959. The van der Waals surface area contributed by atoms with Gasteiger partial charge in [0.15, 0.2) is 6.29 Å². The van der Waals surface area contributed by atoms with Gasteiger partial charge in [0.1, 0.15) is 6.04 Å². The summed E-state index contributed by atoms with van der Waals surface area (Å²) in [5.74, 6) is -0.938. The lowest BCUT2D eigenvalue weighted by Gasteiger charge is -2.11. The van der Waals surface area contributed by atoms with E-state index in [9.17, 15) is 4.79 Å². The molecule has 1 heterocycles. The van der Waals surface area contributed by atoms with Gasteiger partial charge in [-0.05, 0) is 6.92 Å². The summed E-state index contributed by atoms with van der Waals surface area (Å²) in [6, 6.07) is -0.759. The SMILES string of the molecule is CC(N)COC1CC(C(=O)O)NO1. The molecule has 1 fully saturated rings. The topological polar surface area (TPSA) is 93.8 Å². The zero-order chi connectivity index (χ0) is 9.84. The van der Waals surface area contributed by atoms with Crippen molar-refractivity contribution in [1.82, 2.24) is 5.48 Å². The van der Waals surface area contributed by atoms with Crippen molar-refractivity contribution in [3.8, 4) is 0 Å². The van der Waals surface area contributed by atoms with Crippen LogP contribution in [0.15, 0.2) is 0 Å². The molecule has 0 radical (unpaired) electrons. The molecule has 6 heteroatoms. The maximum atomic E-state index is 10.5. The Morgan fingerprint density at radius 2 is 2.62 bits per heavy atom. The summed E-state index contributed by atoms with van der Waals surface area (Å²) >= 11 is 0. The van der Waals surface area contributed by atoms with E-state index in [0.717, 1.165) is 0 Å². The molecule has 13 heavy (non-hydrogen) atoms. The summed E-state index contributed by atoms with van der Waals surface area (Å²) in [4.78, 5) is 15.3. The predicted octanol–water partition coefficient (Wildman–Crippen LogP) is -0.946. The molecule has 6 nitrogen and oxygen atoms in total. The molecular weight excluding hydrogens is 176 g/mol. The van der Waals surface area contributed by atoms with Crippen LogP contribution in [0.3, 0.4) is 0 Å². The van der Waals surface area contributed by atoms with E-state index in [4.69, 9.17) is 20.4 Å². The number of nitrogens with two attached hydrogens (primary N) is 1. The second-order valence-electron chi connectivity index (χ2n) is 3.10. The first-order valence-electron chi connectivity index (χ1n) is 4.10. The minimum Gasteiger partial charge on any atom is -0.480 e. The Labute approximate surface area is 75.9 Å². The molecule has 1 aliphatic heterocycles. The highest BCUT2D eigenvalue weighted by molar-refractivity contribution is 5.73. The van der Waals surface area contributed by atoms with Crippen LogP contribution in [0.2, 0.25) is 0 Å². The van der Waals surface area contributed by atoms with E-state index in [1.165, 1.54) is 0 Å². The van der Waals surface area contributed by atoms with Crippen molar-refractivity contribution >= 4 is 5.97 Å². The molecule has 0 amide bonds. The van der Waals surface area contributed by atoms with Crippen LogP contribution in [0.5, 0.6) is 0 Å². The van der Waals surface area contributed by atoms with Crippen LogP contribution >= 0.6 is 0 Å². The summed E-state index contributed by atoms with van der Waals surface area (Å²) in [5.41, 5.74) is 7.81. The molecule has 0 aliphatic carbocycles. The van der Waals surface area contributed by atoms with Gasteiger partial charge >= 0.3 is 5.97 Å². The monoisotopic (exact) mass is 190 g/mol. The highest BCUT2D eigenvalue weighted by atomic mass is 16.8. The summed E-state index contributed by atoms with van der Waals surface area (Å²) in [6.45, 7) is 2.16. The third-order valence-corrected chi connectivity index (χ3v) is 1.61. The van der Waals surface area contributed by atoms with Gasteiger partial charge in [-0.15, -0.1) is 0 Å². The molecule has 0 bridgehead atoms. The zero-order valence-corrected chi connectivity index (χ0v) is 7.40.